The maximum Gasteiger partial charge on any atom is 0.244 e. The molecule has 2 aliphatic rings. The van der Waals surface area contributed by atoms with Crippen LogP contribution in [-0.4, -0.2) is 30.7 Å². The molecule has 0 spiro atoms. The van der Waals surface area contributed by atoms with E-state index in [-0.39, 0.29) is 28.8 Å². The van der Waals surface area contributed by atoms with Crippen LogP contribution in [0.4, 0.5) is 0 Å². The molecular formula is C21H24N2O3S. The van der Waals surface area contributed by atoms with Crippen LogP contribution in [0, 0.1) is 5.92 Å². The number of rotatable bonds is 5. The molecule has 1 amide bonds. The number of nitrogens with one attached hydrogen (secondary N) is 1. The van der Waals surface area contributed by atoms with Gasteiger partial charge in [-0.05, 0) is 49.8 Å². The third-order valence-electron chi connectivity index (χ3n) is 5.77. The predicted molar refractivity (Wildman–Crippen MR) is 103 cm³/mol. The fraction of sp³-hybridized carbons (Fsp3) is 0.381. The lowest BCUT2D eigenvalue weighted by atomic mass is 9.98. The second-order valence-electron chi connectivity index (χ2n) is 7.46. The second kappa shape index (κ2) is 7.09. The molecular weight excluding hydrogens is 360 g/mol. The maximum absolute atomic E-state index is 13.2. The largest absolute Gasteiger partial charge is 0.348 e. The lowest BCUT2D eigenvalue weighted by Gasteiger charge is -2.34. The number of hydrogen-bond donors (Lipinski definition) is 1. The lowest BCUT2D eigenvalue weighted by molar-refractivity contribution is -0.126. The van der Waals surface area contributed by atoms with Crippen LogP contribution in [0.2, 0.25) is 0 Å². The van der Waals surface area contributed by atoms with Crippen molar-refractivity contribution in [2.75, 3.05) is 0 Å². The summed E-state index contributed by atoms with van der Waals surface area (Å²) in [5, 5.41) is 3.03. The zero-order chi connectivity index (χ0) is 19.0. The van der Waals surface area contributed by atoms with Crippen molar-refractivity contribution >= 4 is 15.9 Å². The molecule has 2 aromatic rings. The average molecular weight is 385 g/mol. The molecule has 2 fully saturated rings. The summed E-state index contributed by atoms with van der Waals surface area (Å²) >= 11 is 0. The molecule has 5 nitrogen and oxygen atoms in total. The van der Waals surface area contributed by atoms with E-state index in [1.807, 2.05) is 37.3 Å². The van der Waals surface area contributed by atoms with Crippen molar-refractivity contribution in [3.8, 4) is 0 Å². The normalized spacial score (nSPS) is 26.0. The van der Waals surface area contributed by atoms with Gasteiger partial charge in [0.2, 0.25) is 15.9 Å². The fourth-order valence-electron chi connectivity index (χ4n) is 4.46. The highest BCUT2D eigenvalue weighted by molar-refractivity contribution is 7.89. The van der Waals surface area contributed by atoms with Gasteiger partial charge in [-0.25, -0.2) is 8.42 Å². The summed E-state index contributed by atoms with van der Waals surface area (Å²) in [6.45, 7) is 1.93. The predicted octanol–water partition coefficient (Wildman–Crippen LogP) is 3.11. The van der Waals surface area contributed by atoms with Crippen molar-refractivity contribution in [2.24, 2.45) is 5.92 Å². The van der Waals surface area contributed by atoms with E-state index in [0.717, 1.165) is 24.8 Å². The van der Waals surface area contributed by atoms with Crippen LogP contribution < -0.4 is 5.32 Å². The van der Waals surface area contributed by atoms with E-state index in [4.69, 9.17) is 0 Å². The van der Waals surface area contributed by atoms with Crippen LogP contribution in [0.15, 0.2) is 65.6 Å². The molecule has 4 unspecified atom stereocenters. The first kappa shape index (κ1) is 18.2. The highest BCUT2D eigenvalue weighted by Crippen LogP contribution is 2.45. The fourth-order valence-corrected chi connectivity index (χ4v) is 6.35. The van der Waals surface area contributed by atoms with Gasteiger partial charge in [0, 0.05) is 6.04 Å². The van der Waals surface area contributed by atoms with E-state index >= 15 is 0 Å². The van der Waals surface area contributed by atoms with Crippen molar-refractivity contribution < 1.29 is 13.2 Å². The topological polar surface area (TPSA) is 66.5 Å². The zero-order valence-corrected chi connectivity index (χ0v) is 16.1. The van der Waals surface area contributed by atoms with Gasteiger partial charge >= 0.3 is 0 Å². The molecule has 1 saturated carbocycles. The van der Waals surface area contributed by atoms with Crippen LogP contribution in [0.1, 0.15) is 37.8 Å². The third kappa shape index (κ3) is 3.28. The van der Waals surface area contributed by atoms with Crippen molar-refractivity contribution in [3.05, 3.63) is 66.2 Å². The van der Waals surface area contributed by atoms with Crippen molar-refractivity contribution in [2.45, 2.75) is 49.2 Å². The monoisotopic (exact) mass is 384 g/mol. The van der Waals surface area contributed by atoms with Crippen molar-refractivity contribution in [3.63, 3.8) is 0 Å². The van der Waals surface area contributed by atoms with Crippen LogP contribution >= 0.6 is 0 Å². The van der Waals surface area contributed by atoms with Gasteiger partial charge in [-0.3, -0.25) is 4.79 Å². The van der Waals surface area contributed by atoms with Gasteiger partial charge in [0.1, 0.15) is 6.04 Å². The number of nitrogens with zero attached hydrogens (tertiary/aromatic N) is 1. The van der Waals surface area contributed by atoms with E-state index in [2.05, 4.69) is 5.32 Å². The number of hydrogen-bond acceptors (Lipinski definition) is 3. The number of carbonyl (C=O) groups is 1. The first-order valence-electron chi connectivity index (χ1n) is 9.42. The molecule has 2 aromatic carbocycles. The molecule has 4 atom stereocenters. The van der Waals surface area contributed by atoms with E-state index in [1.54, 1.807) is 30.3 Å². The minimum atomic E-state index is -3.69. The van der Waals surface area contributed by atoms with Crippen LogP contribution in [0.5, 0.6) is 0 Å². The van der Waals surface area contributed by atoms with E-state index in [9.17, 15) is 13.2 Å². The Kier molecular flexibility index (Phi) is 4.78. The Morgan fingerprint density at radius 1 is 1.04 bits per heavy atom. The second-order valence-corrected chi connectivity index (χ2v) is 9.30. The summed E-state index contributed by atoms with van der Waals surface area (Å²) in [5.41, 5.74) is 1.01. The number of amides is 1. The van der Waals surface area contributed by atoms with Crippen LogP contribution in [0.3, 0.4) is 0 Å². The maximum atomic E-state index is 13.2. The number of sulfonamides is 1. The van der Waals surface area contributed by atoms with Gasteiger partial charge < -0.3 is 5.32 Å². The molecule has 6 heteroatoms. The summed E-state index contributed by atoms with van der Waals surface area (Å²) in [4.78, 5) is 13.3. The number of carbonyl (C=O) groups excluding carboxylic acids is 1. The Morgan fingerprint density at radius 2 is 1.67 bits per heavy atom. The molecule has 1 aliphatic heterocycles. The lowest BCUT2D eigenvalue weighted by Crippen LogP contribution is -2.52. The summed E-state index contributed by atoms with van der Waals surface area (Å²) < 4.78 is 28.0. The van der Waals surface area contributed by atoms with Crippen LogP contribution in [0.25, 0.3) is 0 Å². The quantitative estimate of drug-likeness (QED) is 0.861. The zero-order valence-electron chi connectivity index (χ0n) is 15.3. The number of fused-ring (bicyclic) bond motifs is 2. The molecule has 27 heavy (non-hydrogen) atoms. The SMILES string of the molecule is CC(NC(=O)C1C2CCC(C2)N1S(=O)(=O)c1ccccc1)c1ccccc1. The number of benzene rings is 2. The van der Waals surface area contributed by atoms with Gasteiger partial charge in [-0.15, -0.1) is 0 Å². The van der Waals surface area contributed by atoms with Gasteiger partial charge in [-0.2, -0.15) is 4.31 Å². The molecule has 0 aromatic heterocycles. The van der Waals surface area contributed by atoms with Gasteiger partial charge in [0.05, 0.1) is 10.9 Å². The first-order chi connectivity index (χ1) is 13.0. The first-order valence-corrected chi connectivity index (χ1v) is 10.9. The molecule has 1 heterocycles. The Balaban J connectivity index is 1.60. The van der Waals surface area contributed by atoms with Crippen molar-refractivity contribution in [1.82, 2.24) is 9.62 Å². The van der Waals surface area contributed by atoms with E-state index < -0.39 is 16.1 Å². The van der Waals surface area contributed by atoms with Gasteiger partial charge in [0.15, 0.2) is 0 Å². The molecule has 1 saturated heterocycles. The molecule has 2 bridgehead atoms. The minimum absolute atomic E-state index is 0.0806. The Morgan fingerprint density at radius 3 is 2.33 bits per heavy atom. The molecule has 1 aliphatic carbocycles. The average Bonchev–Trinajstić information content (AvgIpc) is 3.31. The Bertz CT molecular complexity index is 915. The summed E-state index contributed by atoms with van der Waals surface area (Å²) in [6, 6.07) is 17.3. The summed E-state index contributed by atoms with van der Waals surface area (Å²) in [5.74, 6) is -0.102. The van der Waals surface area contributed by atoms with Gasteiger partial charge in [0.25, 0.3) is 0 Å². The highest BCUT2D eigenvalue weighted by atomic mass is 32.2. The summed E-state index contributed by atoms with van der Waals surface area (Å²) in [6.07, 6.45) is 2.50. The summed E-state index contributed by atoms with van der Waals surface area (Å²) in [7, 11) is -3.69. The van der Waals surface area contributed by atoms with Crippen molar-refractivity contribution in [1.29, 1.82) is 0 Å². The number of piperidine rings is 1. The van der Waals surface area contributed by atoms with Gasteiger partial charge in [-0.1, -0.05) is 48.5 Å². The minimum Gasteiger partial charge on any atom is -0.348 e. The Labute approximate surface area is 160 Å². The molecule has 1 N–H and O–H groups in total. The molecule has 4 rings (SSSR count). The van der Waals surface area contributed by atoms with E-state index in [1.165, 1.54) is 4.31 Å². The molecule has 0 radical (unpaired) electrons. The highest BCUT2D eigenvalue weighted by Gasteiger charge is 2.54. The Hall–Kier alpha value is -2.18. The van der Waals surface area contributed by atoms with E-state index in [0.29, 0.717) is 0 Å². The van der Waals surface area contributed by atoms with Crippen LogP contribution in [-0.2, 0) is 14.8 Å². The smallest absolute Gasteiger partial charge is 0.244 e. The standard InChI is InChI=1S/C21H24N2O3S/c1-15(16-8-4-2-5-9-16)22-21(24)20-17-12-13-18(14-17)23(20)27(25,26)19-10-6-3-7-11-19/h2-11,15,17-18,20H,12-14H2,1H3,(H,22,24). The molecule has 142 valence electrons. The third-order valence-corrected chi connectivity index (χ3v) is 7.72.